The van der Waals surface area contributed by atoms with Crippen molar-refractivity contribution in [2.24, 2.45) is 11.8 Å². The maximum Gasteiger partial charge on any atom is 0.252 e. The lowest BCUT2D eigenvalue weighted by molar-refractivity contribution is 0.0937. The van der Waals surface area contributed by atoms with Crippen LogP contribution in [0.5, 0.6) is 0 Å². The van der Waals surface area contributed by atoms with E-state index in [2.05, 4.69) is 21.2 Å². The molecule has 0 spiro atoms. The molecule has 20 heavy (non-hydrogen) atoms. The van der Waals surface area contributed by atoms with E-state index in [1.54, 1.807) is 18.2 Å². The molecule has 1 saturated carbocycles. The molecule has 1 fully saturated rings. The second-order valence-electron chi connectivity index (χ2n) is 5.27. The first kappa shape index (κ1) is 16.1. The summed E-state index contributed by atoms with van der Waals surface area (Å²) in [4.78, 5) is 12.2. The molecule has 1 amide bonds. The number of halogens is 3. The van der Waals surface area contributed by atoms with Gasteiger partial charge in [-0.15, -0.1) is 0 Å². The molecule has 0 aromatic heterocycles. The molecule has 1 aliphatic carbocycles. The summed E-state index contributed by atoms with van der Waals surface area (Å²) in [7, 11) is 0. The van der Waals surface area contributed by atoms with Crippen molar-refractivity contribution in [2.75, 3.05) is 11.9 Å². The van der Waals surface area contributed by atoms with Gasteiger partial charge in [-0.1, -0.05) is 58.0 Å². The number of alkyl halides is 1. The zero-order chi connectivity index (χ0) is 14.5. The quantitative estimate of drug-likeness (QED) is 0.739. The predicted molar refractivity (Wildman–Crippen MR) is 88.0 cm³/mol. The van der Waals surface area contributed by atoms with Gasteiger partial charge in [0.15, 0.2) is 0 Å². The van der Waals surface area contributed by atoms with Gasteiger partial charge in [-0.3, -0.25) is 4.79 Å². The van der Waals surface area contributed by atoms with Crippen LogP contribution in [0.4, 0.5) is 0 Å². The predicted octanol–water partition coefficient (Wildman–Crippen LogP) is 4.92. The summed E-state index contributed by atoms with van der Waals surface area (Å²) in [6, 6.07) is 5.13. The highest BCUT2D eigenvalue weighted by Gasteiger charge is 2.24. The van der Waals surface area contributed by atoms with E-state index >= 15 is 0 Å². The lowest BCUT2D eigenvalue weighted by atomic mass is 9.80. The van der Waals surface area contributed by atoms with Crippen LogP contribution in [0.3, 0.4) is 0 Å². The average Bonchev–Trinajstić information content (AvgIpc) is 2.48. The summed E-state index contributed by atoms with van der Waals surface area (Å²) in [5.41, 5.74) is 0.449. The molecule has 2 nitrogen and oxygen atoms in total. The zero-order valence-electron chi connectivity index (χ0n) is 11.2. The Bertz CT molecular complexity index is 481. The standard InChI is InChI=1S/C15H18BrCl2NO/c16-8-10-4-1-2-5-11(10)9-19-15(20)12-6-3-7-13(17)14(12)18/h3,6-7,10-11H,1-2,4-5,8-9H2,(H,19,20). The highest BCUT2D eigenvalue weighted by molar-refractivity contribution is 9.09. The summed E-state index contributed by atoms with van der Waals surface area (Å²) in [5, 5.41) is 4.74. The van der Waals surface area contributed by atoms with E-state index in [1.807, 2.05) is 0 Å². The van der Waals surface area contributed by atoms with E-state index in [1.165, 1.54) is 25.7 Å². The minimum atomic E-state index is -0.142. The van der Waals surface area contributed by atoms with Crippen LogP contribution in [0.25, 0.3) is 0 Å². The fourth-order valence-electron chi connectivity index (χ4n) is 2.75. The first-order chi connectivity index (χ1) is 9.63. The lowest BCUT2D eigenvalue weighted by Crippen LogP contribution is -2.35. The molecule has 0 heterocycles. The number of benzene rings is 1. The third-order valence-corrected chi connectivity index (χ3v) is 5.64. The first-order valence-electron chi connectivity index (χ1n) is 6.91. The molecule has 1 aromatic rings. The highest BCUT2D eigenvalue weighted by atomic mass is 79.9. The molecule has 0 radical (unpaired) electrons. The van der Waals surface area contributed by atoms with E-state index in [9.17, 15) is 4.79 Å². The lowest BCUT2D eigenvalue weighted by Gasteiger charge is -2.30. The molecule has 1 N–H and O–H groups in total. The van der Waals surface area contributed by atoms with Crippen molar-refractivity contribution in [3.63, 3.8) is 0 Å². The van der Waals surface area contributed by atoms with Gasteiger partial charge in [0.2, 0.25) is 0 Å². The summed E-state index contributed by atoms with van der Waals surface area (Å²) >= 11 is 15.6. The highest BCUT2D eigenvalue weighted by Crippen LogP contribution is 2.31. The Kier molecular flexibility index (Phi) is 6.19. The minimum Gasteiger partial charge on any atom is -0.352 e. The smallest absolute Gasteiger partial charge is 0.252 e. The second-order valence-corrected chi connectivity index (χ2v) is 6.70. The third-order valence-electron chi connectivity index (χ3n) is 3.99. The van der Waals surface area contributed by atoms with Gasteiger partial charge in [0.25, 0.3) is 5.91 Å². The Balaban J connectivity index is 1.96. The minimum absolute atomic E-state index is 0.142. The van der Waals surface area contributed by atoms with Gasteiger partial charge in [-0.2, -0.15) is 0 Å². The maximum absolute atomic E-state index is 12.2. The van der Waals surface area contributed by atoms with Crippen molar-refractivity contribution < 1.29 is 4.79 Å². The zero-order valence-corrected chi connectivity index (χ0v) is 14.3. The van der Waals surface area contributed by atoms with E-state index < -0.39 is 0 Å². The summed E-state index contributed by atoms with van der Waals surface area (Å²) in [6.45, 7) is 0.706. The van der Waals surface area contributed by atoms with Gasteiger partial charge >= 0.3 is 0 Å². The summed E-state index contributed by atoms with van der Waals surface area (Å²) < 4.78 is 0. The number of carbonyl (C=O) groups is 1. The normalized spacial score (nSPS) is 22.6. The molecule has 2 atom stereocenters. The molecule has 1 aromatic carbocycles. The van der Waals surface area contributed by atoms with Gasteiger partial charge in [0.1, 0.15) is 0 Å². The summed E-state index contributed by atoms with van der Waals surface area (Å²) in [6.07, 6.45) is 4.96. The Labute approximate surface area is 138 Å². The molecule has 1 aliphatic rings. The van der Waals surface area contributed by atoms with Gasteiger partial charge in [-0.05, 0) is 36.8 Å². The SMILES string of the molecule is O=C(NCC1CCCCC1CBr)c1cccc(Cl)c1Cl. The van der Waals surface area contributed by atoms with E-state index in [0.29, 0.717) is 34.0 Å². The third kappa shape index (κ3) is 3.90. The second kappa shape index (κ2) is 7.67. The fraction of sp³-hybridized carbons (Fsp3) is 0.533. The number of carbonyl (C=O) groups excluding carboxylic acids is 1. The van der Waals surface area contributed by atoms with Crippen molar-refractivity contribution in [3.05, 3.63) is 33.8 Å². The monoisotopic (exact) mass is 377 g/mol. The number of hydrogen-bond acceptors (Lipinski definition) is 1. The number of nitrogens with one attached hydrogen (secondary N) is 1. The van der Waals surface area contributed by atoms with Crippen molar-refractivity contribution in [1.82, 2.24) is 5.32 Å². The van der Waals surface area contributed by atoms with Crippen LogP contribution in [-0.2, 0) is 0 Å². The van der Waals surface area contributed by atoms with E-state index in [0.717, 1.165) is 5.33 Å². The van der Waals surface area contributed by atoms with Crippen molar-refractivity contribution in [1.29, 1.82) is 0 Å². The largest absolute Gasteiger partial charge is 0.352 e. The van der Waals surface area contributed by atoms with Crippen LogP contribution in [0.2, 0.25) is 10.0 Å². The molecule has 0 saturated heterocycles. The van der Waals surface area contributed by atoms with Crippen molar-refractivity contribution in [3.8, 4) is 0 Å². The Morgan fingerprint density at radius 2 is 1.95 bits per heavy atom. The van der Waals surface area contributed by atoms with Crippen molar-refractivity contribution >= 4 is 45.0 Å². The van der Waals surface area contributed by atoms with Gasteiger partial charge < -0.3 is 5.32 Å². The van der Waals surface area contributed by atoms with Crippen molar-refractivity contribution in [2.45, 2.75) is 25.7 Å². The molecule has 110 valence electrons. The molecular formula is C15H18BrCl2NO. The fourth-order valence-corrected chi connectivity index (χ4v) is 3.99. The number of rotatable bonds is 4. The molecule has 0 aliphatic heterocycles. The topological polar surface area (TPSA) is 29.1 Å². The van der Waals surface area contributed by atoms with Gasteiger partial charge in [0, 0.05) is 11.9 Å². The molecular weight excluding hydrogens is 361 g/mol. The number of hydrogen-bond donors (Lipinski definition) is 1. The van der Waals surface area contributed by atoms with Crippen LogP contribution in [-0.4, -0.2) is 17.8 Å². The van der Waals surface area contributed by atoms with E-state index in [-0.39, 0.29) is 5.91 Å². The Hall–Kier alpha value is -0.250. The van der Waals surface area contributed by atoms with Gasteiger partial charge in [-0.25, -0.2) is 0 Å². The van der Waals surface area contributed by atoms with Crippen LogP contribution in [0.15, 0.2) is 18.2 Å². The van der Waals surface area contributed by atoms with Gasteiger partial charge in [0.05, 0.1) is 15.6 Å². The maximum atomic E-state index is 12.2. The number of amides is 1. The van der Waals surface area contributed by atoms with Crippen LogP contribution in [0.1, 0.15) is 36.0 Å². The molecule has 0 bridgehead atoms. The van der Waals surface area contributed by atoms with Crippen LogP contribution < -0.4 is 5.32 Å². The molecule has 5 heteroatoms. The molecule has 2 unspecified atom stereocenters. The van der Waals surface area contributed by atoms with Crippen LogP contribution in [0, 0.1) is 11.8 Å². The first-order valence-corrected chi connectivity index (χ1v) is 8.79. The Morgan fingerprint density at radius 3 is 2.65 bits per heavy atom. The summed E-state index contributed by atoms with van der Waals surface area (Å²) in [5.74, 6) is 1.06. The van der Waals surface area contributed by atoms with E-state index in [4.69, 9.17) is 23.2 Å². The Morgan fingerprint density at radius 1 is 1.25 bits per heavy atom. The van der Waals surface area contributed by atoms with Crippen LogP contribution >= 0.6 is 39.1 Å². The molecule has 2 rings (SSSR count). The average molecular weight is 379 g/mol.